The summed E-state index contributed by atoms with van der Waals surface area (Å²) in [5.41, 5.74) is 3.17. The van der Waals surface area contributed by atoms with Gasteiger partial charge in [0.25, 0.3) is 0 Å². The van der Waals surface area contributed by atoms with Gasteiger partial charge in [0.2, 0.25) is 0 Å². The van der Waals surface area contributed by atoms with E-state index in [9.17, 15) is 4.79 Å². The molecule has 0 bridgehead atoms. The maximum absolute atomic E-state index is 11.3. The molecule has 0 aromatic carbocycles. The SMILES string of the molecule is Cc1oc(C(=O)NN)cc1COCCC(C)(C)C. The van der Waals surface area contributed by atoms with Gasteiger partial charge in [0.05, 0.1) is 6.61 Å². The van der Waals surface area contributed by atoms with Crippen LogP contribution in [0.2, 0.25) is 0 Å². The molecule has 1 aromatic rings. The third-order valence-electron chi connectivity index (χ3n) is 2.63. The Balaban J connectivity index is 2.48. The highest BCUT2D eigenvalue weighted by Crippen LogP contribution is 2.19. The number of hydrogen-bond donors (Lipinski definition) is 2. The Hall–Kier alpha value is -1.33. The summed E-state index contributed by atoms with van der Waals surface area (Å²) < 4.78 is 10.9. The first kappa shape index (κ1) is 14.7. The number of furan rings is 1. The molecular formula is C13H22N2O3. The maximum atomic E-state index is 11.3. The minimum Gasteiger partial charge on any atom is -0.456 e. The summed E-state index contributed by atoms with van der Waals surface area (Å²) in [4.78, 5) is 11.3. The highest BCUT2D eigenvalue weighted by molar-refractivity contribution is 5.91. The van der Waals surface area contributed by atoms with Gasteiger partial charge in [0, 0.05) is 12.2 Å². The summed E-state index contributed by atoms with van der Waals surface area (Å²) in [6.07, 6.45) is 0.986. The van der Waals surface area contributed by atoms with Crippen LogP contribution >= 0.6 is 0 Å². The number of nitrogens with one attached hydrogen (secondary N) is 1. The van der Waals surface area contributed by atoms with Gasteiger partial charge >= 0.3 is 5.91 Å². The number of rotatable bonds is 5. The van der Waals surface area contributed by atoms with Crippen molar-refractivity contribution in [3.8, 4) is 0 Å². The minimum atomic E-state index is -0.431. The molecular weight excluding hydrogens is 232 g/mol. The second-order valence-corrected chi connectivity index (χ2v) is 5.53. The summed E-state index contributed by atoms with van der Waals surface area (Å²) >= 11 is 0. The van der Waals surface area contributed by atoms with Crippen LogP contribution in [-0.2, 0) is 11.3 Å². The van der Waals surface area contributed by atoms with Crippen molar-refractivity contribution >= 4 is 5.91 Å². The Morgan fingerprint density at radius 1 is 1.50 bits per heavy atom. The molecule has 3 N–H and O–H groups in total. The van der Waals surface area contributed by atoms with Gasteiger partial charge in [0.1, 0.15) is 5.76 Å². The predicted molar refractivity (Wildman–Crippen MR) is 68.8 cm³/mol. The van der Waals surface area contributed by atoms with Crippen LogP contribution in [0.1, 0.15) is 49.1 Å². The van der Waals surface area contributed by atoms with Gasteiger partial charge in [-0.3, -0.25) is 10.2 Å². The molecule has 0 aliphatic rings. The van der Waals surface area contributed by atoms with Crippen molar-refractivity contribution in [3.05, 3.63) is 23.2 Å². The molecule has 0 fully saturated rings. The lowest BCUT2D eigenvalue weighted by atomic mass is 9.93. The Kier molecular flexibility index (Phi) is 4.93. The molecule has 0 atom stereocenters. The average Bonchev–Trinajstić information content (AvgIpc) is 2.64. The number of carbonyl (C=O) groups excluding carboxylic acids is 1. The third kappa shape index (κ3) is 4.50. The molecule has 0 spiro atoms. The molecule has 18 heavy (non-hydrogen) atoms. The van der Waals surface area contributed by atoms with E-state index >= 15 is 0 Å². The first-order valence-electron chi connectivity index (χ1n) is 6.01. The van der Waals surface area contributed by atoms with E-state index in [0.717, 1.165) is 12.0 Å². The van der Waals surface area contributed by atoms with Crippen molar-refractivity contribution in [2.45, 2.75) is 40.7 Å². The van der Waals surface area contributed by atoms with Crippen molar-refractivity contribution in [1.29, 1.82) is 0 Å². The lowest BCUT2D eigenvalue weighted by Crippen LogP contribution is -2.29. The third-order valence-corrected chi connectivity index (χ3v) is 2.63. The fourth-order valence-corrected chi connectivity index (χ4v) is 1.41. The Morgan fingerprint density at radius 2 is 2.17 bits per heavy atom. The van der Waals surface area contributed by atoms with E-state index in [0.29, 0.717) is 19.0 Å². The second-order valence-electron chi connectivity index (χ2n) is 5.53. The molecule has 1 heterocycles. The smallest absolute Gasteiger partial charge is 0.300 e. The van der Waals surface area contributed by atoms with Crippen LogP contribution in [0.3, 0.4) is 0 Å². The molecule has 0 saturated heterocycles. The number of carbonyl (C=O) groups is 1. The summed E-state index contributed by atoms with van der Waals surface area (Å²) in [7, 11) is 0. The fraction of sp³-hybridized carbons (Fsp3) is 0.615. The van der Waals surface area contributed by atoms with Gasteiger partial charge in [-0.05, 0) is 24.8 Å². The van der Waals surface area contributed by atoms with E-state index < -0.39 is 5.91 Å². The van der Waals surface area contributed by atoms with Gasteiger partial charge in [0.15, 0.2) is 5.76 Å². The normalized spacial score (nSPS) is 11.6. The van der Waals surface area contributed by atoms with Crippen LogP contribution < -0.4 is 11.3 Å². The van der Waals surface area contributed by atoms with Crippen LogP contribution in [0.4, 0.5) is 0 Å². The largest absolute Gasteiger partial charge is 0.456 e. The predicted octanol–water partition coefficient (Wildman–Crippen LogP) is 2.14. The molecule has 0 radical (unpaired) electrons. The Bertz CT molecular complexity index is 405. The molecule has 0 aliphatic heterocycles. The zero-order valence-corrected chi connectivity index (χ0v) is 11.5. The van der Waals surface area contributed by atoms with Crippen LogP contribution in [0.15, 0.2) is 10.5 Å². The number of ether oxygens (including phenoxy) is 1. The van der Waals surface area contributed by atoms with E-state index in [2.05, 4.69) is 20.8 Å². The summed E-state index contributed by atoms with van der Waals surface area (Å²) in [6.45, 7) is 9.45. The number of hydrazine groups is 1. The summed E-state index contributed by atoms with van der Waals surface area (Å²) in [6, 6.07) is 1.66. The van der Waals surface area contributed by atoms with Gasteiger partial charge in [-0.1, -0.05) is 20.8 Å². The van der Waals surface area contributed by atoms with Gasteiger partial charge < -0.3 is 9.15 Å². The summed E-state index contributed by atoms with van der Waals surface area (Å²) in [5.74, 6) is 5.51. The minimum absolute atomic E-state index is 0.212. The van der Waals surface area contributed by atoms with Crippen molar-refractivity contribution in [2.24, 2.45) is 11.3 Å². The Labute approximate surface area is 108 Å². The molecule has 1 rings (SSSR count). The zero-order chi connectivity index (χ0) is 13.8. The highest BCUT2D eigenvalue weighted by atomic mass is 16.5. The van der Waals surface area contributed by atoms with Crippen molar-refractivity contribution in [3.63, 3.8) is 0 Å². The number of aryl methyl sites for hydroxylation is 1. The molecule has 5 heteroatoms. The number of nitrogen functional groups attached to an aromatic ring is 1. The standard InChI is InChI=1S/C13H22N2O3/c1-9-10(7-11(18-9)12(16)15-14)8-17-6-5-13(2,3)4/h7H,5-6,8,14H2,1-4H3,(H,15,16). The van der Waals surface area contributed by atoms with Gasteiger partial charge in [-0.15, -0.1) is 0 Å². The maximum Gasteiger partial charge on any atom is 0.300 e. The lowest BCUT2D eigenvalue weighted by Gasteiger charge is -2.17. The molecule has 0 unspecified atom stereocenters. The van der Waals surface area contributed by atoms with Gasteiger partial charge in [-0.25, -0.2) is 5.84 Å². The van der Waals surface area contributed by atoms with Crippen molar-refractivity contribution < 1.29 is 13.9 Å². The van der Waals surface area contributed by atoms with Gasteiger partial charge in [-0.2, -0.15) is 0 Å². The van der Waals surface area contributed by atoms with Crippen molar-refractivity contribution in [1.82, 2.24) is 5.43 Å². The monoisotopic (exact) mass is 254 g/mol. The van der Waals surface area contributed by atoms with E-state index in [1.807, 2.05) is 5.43 Å². The molecule has 1 aromatic heterocycles. The summed E-state index contributed by atoms with van der Waals surface area (Å²) in [5, 5.41) is 0. The van der Waals surface area contributed by atoms with Crippen molar-refractivity contribution in [2.75, 3.05) is 6.61 Å². The van der Waals surface area contributed by atoms with Crippen LogP contribution in [0, 0.1) is 12.3 Å². The van der Waals surface area contributed by atoms with Crippen LogP contribution in [0.25, 0.3) is 0 Å². The fourth-order valence-electron chi connectivity index (χ4n) is 1.41. The molecule has 0 aliphatic carbocycles. The molecule has 102 valence electrons. The van der Waals surface area contributed by atoms with Crippen LogP contribution in [0.5, 0.6) is 0 Å². The van der Waals surface area contributed by atoms with E-state index in [1.54, 1.807) is 13.0 Å². The van der Waals surface area contributed by atoms with Crippen LogP contribution in [-0.4, -0.2) is 12.5 Å². The highest BCUT2D eigenvalue weighted by Gasteiger charge is 2.14. The number of nitrogens with two attached hydrogens (primary N) is 1. The topological polar surface area (TPSA) is 77.5 Å². The quantitative estimate of drug-likeness (QED) is 0.365. The van der Waals surface area contributed by atoms with E-state index in [1.165, 1.54) is 0 Å². The second kappa shape index (κ2) is 6.02. The molecule has 1 amide bonds. The molecule has 0 saturated carbocycles. The number of amides is 1. The average molecular weight is 254 g/mol. The zero-order valence-electron chi connectivity index (χ0n) is 11.5. The molecule has 5 nitrogen and oxygen atoms in total. The number of hydrogen-bond acceptors (Lipinski definition) is 4. The lowest BCUT2D eigenvalue weighted by molar-refractivity contribution is 0.0923. The van der Waals surface area contributed by atoms with E-state index in [4.69, 9.17) is 15.0 Å². The first-order valence-corrected chi connectivity index (χ1v) is 6.01. The first-order chi connectivity index (χ1) is 8.33. The Morgan fingerprint density at radius 3 is 2.72 bits per heavy atom. The van der Waals surface area contributed by atoms with E-state index in [-0.39, 0.29) is 11.2 Å².